The van der Waals surface area contributed by atoms with E-state index in [1.807, 2.05) is 6.07 Å². The van der Waals surface area contributed by atoms with Crippen molar-refractivity contribution in [3.8, 4) is 0 Å². The van der Waals surface area contributed by atoms with Crippen LogP contribution in [0.5, 0.6) is 0 Å². The van der Waals surface area contributed by atoms with Crippen molar-refractivity contribution < 1.29 is 0 Å². The van der Waals surface area contributed by atoms with Gasteiger partial charge in [-0.25, -0.2) is 0 Å². The van der Waals surface area contributed by atoms with Crippen LogP contribution in [0.3, 0.4) is 0 Å². The van der Waals surface area contributed by atoms with E-state index in [0.717, 1.165) is 22.0 Å². The van der Waals surface area contributed by atoms with E-state index in [4.69, 9.17) is 11.6 Å². The minimum Gasteiger partial charge on any atom is -0.310 e. The van der Waals surface area contributed by atoms with Crippen LogP contribution in [0.1, 0.15) is 89.1 Å². The van der Waals surface area contributed by atoms with E-state index in [1.54, 1.807) is 0 Å². The SMILES string of the molecule is Cc1cc(Cl)cc(N(c2ccc(C(C)(C)C)cc2)c2ccc3c(c2C)C(C)(C)CCC3(C)C)c1. The van der Waals surface area contributed by atoms with Crippen LogP contribution in [0, 0.1) is 13.8 Å². The molecule has 4 rings (SSSR count). The van der Waals surface area contributed by atoms with Crippen LogP contribution in [-0.2, 0) is 16.2 Å². The Labute approximate surface area is 212 Å². The molecule has 0 fully saturated rings. The lowest BCUT2D eigenvalue weighted by atomic mass is 9.62. The zero-order chi connectivity index (χ0) is 25.1. The smallest absolute Gasteiger partial charge is 0.0493 e. The van der Waals surface area contributed by atoms with Gasteiger partial charge in [-0.3, -0.25) is 0 Å². The molecule has 0 saturated heterocycles. The molecule has 0 radical (unpaired) electrons. The maximum Gasteiger partial charge on any atom is 0.0493 e. The summed E-state index contributed by atoms with van der Waals surface area (Å²) in [6, 6.07) is 20.1. The summed E-state index contributed by atoms with van der Waals surface area (Å²) < 4.78 is 0. The molecule has 1 nitrogen and oxygen atoms in total. The first-order chi connectivity index (χ1) is 15.7. The van der Waals surface area contributed by atoms with Crippen LogP contribution >= 0.6 is 11.6 Å². The van der Waals surface area contributed by atoms with Crippen LogP contribution in [0.15, 0.2) is 54.6 Å². The molecule has 0 bridgehead atoms. The second-order valence-corrected chi connectivity index (χ2v) is 13.0. The van der Waals surface area contributed by atoms with Crippen molar-refractivity contribution in [2.24, 2.45) is 0 Å². The number of hydrogen-bond acceptors (Lipinski definition) is 1. The summed E-state index contributed by atoms with van der Waals surface area (Å²) in [5.74, 6) is 0. The number of nitrogens with zero attached hydrogens (tertiary/aromatic N) is 1. The first-order valence-electron chi connectivity index (χ1n) is 12.5. The molecule has 1 aliphatic carbocycles. The summed E-state index contributed by atoms with van der Waals surface area (Å²) in [5, 5.41) is 0.767. The summed E-state index contributed by atoms with van der Waals surface area (Å²) >= 11 is 6.57. The largest absolute Gasteiger partial charge is 0.310 e. The van der Waals surface area contributed by atoms with E-state index in [1.165, 1.54) is 40.8 Å². The summed E-state index contributed by atoms with van der Waals surface area (Å²) in [6.45, 7) is 20.8. The molecule has 180 valence electrons. The van der Waals surface area contributed by atoms with Gasteiger partial charge in [0.1, 0.15) is 0 Å². The standard InChI is InChI=1S/C32H40ClN/c1-21-18-24(33)20-26(19-21)34(25-12-10-23(11-13-25)30(3,4)5)28-15-14-27-29(22(28)2)32(8,9)17-16-31(27,6)7/h10-15,18-20H,16-17H2,1-9H3. The number of rotatable bonds is 3. The average molecular weight is 474 g/mol. The minimum absolute atomic E-state index is 0.118. The number of benzene rings is 3. The Balaban J connectivity index is 1.97. The molecular formula is C32H40ClN. The van der Waals surface area contributed by atoms with Gasteiger partial charge in [-0.15, -0.1) is 0 Å². The Morgan fingerprint density at radius 2 is 1.38 bits per heavy atom. The van der Waals surface area contributed by atoms with Crippen LogP contribution in [-0.4, -0.2) is 0 Å². The maximum atomic E-state index is 6.57. The number of hydrogen-bond donors (Lipinski definition) is 0. The molecule has 0 saturated carbocycles. The third-order valence-corrected chi connectivity index (χ3v) is 7.95. The quantitative estimate of drug-likeness (QED) is 0.365. The van der Waals surface area contributed by atoms with Crippen molar-refractivity contribution in [3.05, 3.63) is 87.4 Å². The summed E-state index contributed by atoms with van der Waals surface area (Å²) in [6.07, 6.45) is 2.42. The monoisotopic (exact) mass is 473 g/mol. The Morgan fingerprint density at radius 1 is 0.765 bits per heavy atom. The van der Waals surface area contributed by atoms with E-state index < -0.39 is 0 Å². The zero-order valence-electron chi connectivity index (χ0n) is 22.4. The van der Waals surface area contributed by atoms with E-state index in [2.05, 4.69) is 116 Å². The van der Waals surface area contributed by atoms with Gasteiger partial charge < -0.3 is 4.90 Å². The van der Waals surface area contributed by atoms with Crippen LogP contribution in [0.4, 0.5) is 17.1 Å². The fourth-order valence-electron chi connectivity index (χ4n) is 5.65. The lowest BCUT2D eigenvalue weighted by molar-refractivity contribution is 0.330. The Hall–Kier alpha value is -2.25. The number of fused-ring (bicyclic) bond motifs is 1. The normalized spacial score (nSPS) is 16.8. The van der Waals surface area contributed by atoms with Gasteiger partial charge in [0.2, 0.25) is 0 Å². The molecule has 0 unspecified atom stereocenters. The van der Waals surface area contributed by atoms with Gasteiger partial charge in [0.25, 0.3) is 0 Å². The highest BCUT2D eigenvalue weighted by atomic mass is 35.5. The predicted octanol–water partition coefficient (Wildman–Crippen LogP) is 10.1. The minimum atomic E-state index is 0.118. The first-order valence-corrected chi connectivity index (χ1v) is 12.9. The van der Waals surface area contributed by atoms with Gasteiger partial charge in [-0.05, 0) is 107 Å². The molecule has 0 heterocycles. The van der Waals surface area contributed by atoms with Crippen LogP contribution < -0.4 is 4.90 Å². The molecule has 0 N–H and O–H groups in total. The summed E-state index contributed by atoms with van der Waals surface area (Å²) in [7, 11) is 0. The predicted molar refractivity (Wildman–Crippen MR) is 150 cm³/mol. The third-order valence-electron chi connectivity index (χ3n) is 7.73. The summed E-state index contributed by atoms with van der Waals surface area (Å²) in [4.78, 5) is 2.39. The maximum absolute atomic E-state index is 6.57. The number of anilines is 3. The highest BCUT2D eigenvalue weighted by molar-refractivity contribution is 6.31. The Morgan fingerprint density at radius 3 is 1.97 bits per heavy atom. The Kier molecular flexibility index (Phi) is 6.18. The molecule has 0 amide bonds. The van der Waals surface area contributed by atoms with Gasteiger partial charge >= 0.3 is 0 Å². The molecule has 0 aliphatic heterocycles. The van der Waals surface area contributed by atoms with Crippen molar-refractivity contribution in [3.63, 3.8) is 0 Å². The molecule has 34 heavy (non-hydrogen) atoms. The molecular weight excluding hydrogens is 434 g/mol. The van der Waals surface area contributed by atoms with Gasteiger partial charge in [0.05, 0.1) is 0 Å². The molecule has 0 atom stereocenters. The van der Waals surface area contributed by atoms with Crippen molar-refractivity contribution >= 4 is 28.7 Å². The van der Waals surface area contributed by atoms with E-state index in [-0.39, 0.29) is 16.2 Å². The van der Waals surface area contributed by atoms with Gasteiger partial charge in [0.15, 0.2) is 0 Å². The van der Waals surface area contributed by atoms with Gasteiger partial charge in [-0.2, -0.15) is 0 Å². The molecule has 0 aromatic heterocycles. The second kappa shape index (κ2) is 8.45. The molecule has 0 spiro atoms. The van der Waals surface area contributed by atoms with Crippen LogP contribution in [0.25, 0.3) is 0 Å². The van der Waals surface area contributed by atoms with E-state index in [0.29, 0.717) is 0 Å². The van der Waals surface area contributed by atoms with Crippen molar-refractivity contribution in [1.29, 1.82) is 0 Å². The average Bonchev–Trinajstić information content (AvgIpc) is 2.72. The molecule has 3 aromatic carbocycles. The summed E-state index contributed by atoms with van der Waals surface area (Å²) in [5.41, 5.74) is 10.8. The Bertz CT molecular complexity index is 1190. The van der Waals surface area contributed by atoms with E-state index >= 15 is 0 Å². The number of aryl methyl sites for hydroxylation is 1. The first kappa shape index (κ1) is 24.9. The van der Waals surface area contributed by atoms with E-state index in [9.17, 15) is 0 Å². The lowest BCUT2D eigenvalue weighted by Gasteiger charge is -2.44. The van der Waals surface area contributed by atoms with Crippen molar-refractivity contribution in [2.45, 2.75) is 91.4 Å². The molecule has 1 aliphatic rings. The van der Waals surface area contributed by atoms with Gasteiger partial charge in [-0.1, -0.05) is 78.3 Å². The topological polar surface area (TPSA) is 3.24 Å². The zero-order valence-corrected chi connectivity index (χ0v) is 23.2. The second-order valence-electron chi connectivity index (χ2n) is 12.5. The molecule has 3 aromatic rings. The lowest BCUT2D eigenvalue weighted by Crippen LogP contribution is -2.35. The van der Waals surface area contributed by atoms with Crippen molar-refractivity contribution in [1.82, 2.24) is 0 Å². The molecule has 2 heteroatoms. The highest BCUT2D eigenvalue weighted by Gasteiger charge is 2.39. The van der Waals surface area contributed by atoms with Gasteiger partial charge in [0, 0.05) is 22.1 Å². The van der Waals surface area contributed by atoms with Crippen LogP contribution in [0.2, 0.25) is 5.02 Å². The number of halogens is 1. The fraction of sp³-hybridized carbons (Fsp3) is 0.438. The fourth-order valence-corrected chi connectivity index (χ4v) is 5.93. The third kappa shape index (κ3) is 4.52. The highest BCUT2D eigenvalue weighted by Crippen LogP contribution is 2.50. The van der Waals surface area contributed by atoms with Crippen molar-refractivity contribution in [2.75, 3.05) is 4.90 Å².